The van der Waals surface area contributed by atoms with Crippen molar-refractivity contribution in [2.75, 3.05) is 32.8 Å². The van der Waals surface area contributed by atoms with Gasteiger partial charge in [-0.25, -0.2) is 0 Å². The Balaban J connectivity index is 1.50. The minimum absolute atomic E-state index is 0.0210. The van der Waals surface area contributed by atoms with E-state index in [4.69, 9.17) is 27.9 Å². The first-order valence-electron chi connectivity index (χ1n) is 7.73. The lowest BCUT2D eigenvalue weighted by Gasteiger charge is -2.23. The molecule has 1 aromatic carbocycles. The van der Waals surface area contributed by atoms with Gasteiger partial charge in [-0.3, -0.25) is 9.69 Å². The number of hydrogen-bond acceptors (Lipinski definition) is 3. The van der Waals surface area contributed by atoms with E-state index in [1.807, 2.05) is 4.90 Å². The number of amides is 1. The molecule has 2 saturated heterocycles. The van der Waals surface area contributed by atoms with E-state index >= 15 is 0 Å². The molecule has 0 spiro atoms. The quantitative estimate of drug-likeness (QED) is 0.842. The van der Waals surface area contributed by atoms with Crippen molar-refractivity contribution in [1.29, 1.82) is 0 Å². The largest absolute Gasteiger partial charge is 0.482 e. The maximum atomic E-state index is 12.3. The van der Waals surface area contributed by atoms with E-state index in [9.17, 15) is 4.79 Å². The van der Waals surface area contributed by atoms with Crippen molar-refractivity contribution in [2.45, 2.75) is 25.3 Å². The Kier molecular flexibility index (Phi) is 5.11. The second-order valence-corrected chi connectivity index (χ2v) is 6.73. The average Bonchev–Trinajstić information content (AvgIpc) is 3.17. The number of ether oxygens (including phenoxy) is 1. The van der Waals surface area contributed by atoms with Gasteiger partial charge in [0.05, 0.1) is 5.02 Å². The molecular weight excluding hydrogens is 323 g/mol. The van der Waals surface area contributed by atoms with Crippen molar-refractivity contribution in [2.24, 2.45) is 0 Å². The fourth-order valence-corrected chi connectivity index (χ4v) is 3.66. The number of benzene rings is 1. The maximum absolute atomic E-state index is 12.3. The normalized spacial score (nSPS) is 22.3. The monoisotopic (exact) mass is 342 g/mol. The Bertz CT molecular complexity index is 547. The molecule has 0 N–H and O–H groups in total. The molecule has 0 aliphatic carbocycles. The molecule has 1 atom stereocenters. The summed E-state index contributed by atoms with van der Waals surface area (Å²) in [4.78, 5) is 16.7. The standard InChI is InChI=1S/C16H20Cl2N2O2/c17-12-3-4-15(14(18)9-12)22-11-16(21)20-8-5-13(10-20)19-6-1-2-7-19/h3-4,9,13H,1-2,5-8,10-11H2. The molecule has 0 saturated carbocycles. The van der Waals surface area contributed by atoms with Crippen LogP contribution in [0.15, 0.2) is 18.2 Å². The van der Waals surface area contributed by atoms with Gasteiger partial charge in [-0.1, -0.05) is 23.2 Å². The van der Waals surface area contributed by atoms with Crippen LogP contribution in [0.5, 0.6) is 5.75 Å². The van der Waals surface area contributed by atoms with Crippen molar-refractivity contribution < 1.29 is 9.53 Å². The summed E-state index contributed by atoms with van der Waals surface area (Å²) in [5, 5.41) is 0.980. The Morgan fingerprint density at radius 1 is 1.23 bits per heavy atom. The van der Waals surface area contributed by atoms with E-state index in [0.717, 1.165) is 19.5 Å². The van der Waals surface area contributed by atoms with Crippen molar-refractivity contribution in [3.63, 3.8) is 0 Å². The van der Waals surface area contributed by atoms with Crippen molar-refractivity contribution in [3.8, 4) is 5.75 Å². The maximum Gasteiger partial charge on any atom is 0.260 e. The fourth-order valence-electron chi connectivity index (χ4n) is 3.20. The Labute approximate surface area is 140 Å². The van der Waals surface area contributed by atoms with Crippen LogP contribution in [0.3, 0.4) is 0 Å². The first kappa shape index (κ1) is 15.9. The highest BCUT2D eigenvalue weighted by Gasteiger charge is 2.31. The van der Waals surface area contributed by atoms with Crippen LogP contribution in [0.2, 0.25) is 10.0 Å². The molecule has 3 rings (SSSR count). The van der Waals surface area contributed by atoms with E-state index < -0.39 is 0 Å². The van der Waals surface area contributed by atoms with Crippen LogP contribution >= 0.6 is 23.2 Å². The summed E-state index contributed by atoms with van der Waals surface area (Å²) in [7, 11) is 0. The molecule has 2 aliphatic rings. The predicted octanol–water partition coefficient (Wildman–Crippen LogP) is 3.07. The summed E-state index contributed by atoms with van der Waals surface area (Å²) in [6.45, 7) is 4.00. The zero-order valence-electron chi connectivity index (χ0n) is 12.4. The third-order valence-electron chi connectivity index (χ3n) is 4.42. The summed E-state index contributed by atoms with van der Waals surface area (Å²) in [6, 6.07) is 5.52. The van der Waals surface area contributed by atoms with Gasteiger partial charge in [-0.05, 0) is 50.6 Å². The summed E-state index contributed by atoms with van der Waals surface area (Å²) in [5.74, 6) is 0.516. The zero-order chi connectivity index (χ0) is 15.5. The molecule has 0 aromatic heterocycles. The van der Waals surface area contributed by atoms with Gasteiger partial charge in [0.2, 0.25) is 0 Å². The number of likely N-dealkylation sites (tertiary alicyclic amines) is 2. The lowest BCUT2D eigenvalue weighted by molar-refractivity contribution is -0.132. The molecule has 6 heteroatoms. The smallest absolute Gasteiger partial charge is 0.260 e. The molecule has 2 fully saturated rings. The average molecular weight is 343 g/mol. The van der Waals surface area contributed by atoms with Crippen molar-refractivity contribution in [1.82, 2.24) is 9.80 Å². The highest BCUT2D eigenvalue weighted by Crippen LogP contribution is 2.27. The van der Waals surface area contributed by atoms with Gasteiger partial charge in [-0.15, -0.1) is 0 Å². The van der Waals surface area contributed by atoms with Crippen LogP contribution in [-0.2, 0) is 4.79 Å². The molecule has 120 valence electrons. The Morgan fingerprint density at radius 2 is 2.00 bits per heavy atom. The fraction of sp³-hybridized carbons (Fsp3) is 0.562. The lowest BCUT2D eigenvalue weighted by atomic mass is 10.2. The lowest BCUT2D eigenvalue weighted by Crippen LogP contribution is -2.38. The van der Waals surface area contributed by atoms with Crippen LogP contribution < -0.4 is 4.74 Å². The Morgan fingerprint density at radius 3 is 2.73 bits per heavy atom. The number of carbonyl (C=O) groups excluding carboxylic acids is 1. The molecular formula is C16H20Cl2N2O2. The highest BCUT2D eigenvalue weighted by atomic mass is 35.5. The van der Waals surface area contributed by atoms with Crippen LogP contribution in [0.4, 0.5) is 0 Å². The summed E-state index contributed by atoms with van der Waals surface area (Å²) in [5.41, 5.74) is 0. The van der Waals surface area contributed by atoms with E-state index in [2.05, 4.69) is 4.90 Å². The number of rotatable bonds is 4. The van der Waals surface area contributed by atoms with Crippen LogP contribution in [-0.4, -0.2) is 54.5 Å². The summed E-state index contributed by atoms with van der Waals surface area (Å²) < 4.78 is 5.53. The summed E-state index contributed by atoms with van der Waals surface area (Å²) in [6.07, 6.45) is 3.62. The molecule has 4 nitrogen and oxygen atoms in total. The number of hydrogen-bond donors (Lipinski definition) is 0. The van der Waals surface area contributed by atoms with Crippen LogP contribution in [0, 0.1) is 0 Å². The van der Waals surface area contributed by atoms with Gasteiger partial charge < -0.3 is 9.64 Å². The third kappa shape index (κ3) is 3.67. The van der Waals surface area contributed by atoms with Crippen molar-refractivity contribution >= 4 is 29.1 Å². The zero-order valence-corrected chi connectivity index (χ0v) is 13.9. The van der Waals surface area contributed by atoms with E-state index in [-0.39, 0.29) is 12.5 Å². The number of carbonyl (C=O) groups is 1. The van der Waals surface area contributed by atoms with Gasteiger partial charge in [0, 0.05) is 24.2 Å². The molecule has 2 heterocycles. The van der Waals surface area contributed by atoms with Crippen LogP contribution in [0.25, 0.3) is 0 Å². The number of halogens is 2. The number of nitrogens with zero attached hydrogens (tertiary/aromatic N) is 2. The molecule has 1 unspecified atom stereocenters. The second kappa shape index (κ2) is 7.07. The molecule has 2 aliphatic heterocycles. The van der Waals surface area contributed by atoms with Gasteiger partial charge in [0.25, 0.3) is 5.91 Å². The van der Waals surface area contributed by atoms with Crippen molar-refractivity contribution in [3.05, 3.63) is 28.2 Å². The SMILES string of the molecule is O=C(COc1ccc(Cl)cc1Cl)N1CCC(N2CCCC2)C1. The topological polar surface area (TPSA) is 32.8 Å². The third-order valence-corrected chi connectivity index (χ3v) is 4.95. The molecule has 0 radical (unpaired) electrons. The van der Waals surface area contributed by atoms with Gasteiger partial charge in [0.1, 0.15) is 5.75 Å². The predicted molar refractivity (Wildman–Crippen MR) is 87.7 cm³/mol. The van der Waals surface area contributed by atoms with Gasteiger partial charge >= 0.3 is 0 Å². The van der Waals surface area contributed by atoms with Gasteiger partial charge in [0.15, 0.2) is 6.61 Å². The molecule has 0 bridgehead atoms. The molecule has 1 aromatic rings. The molecule has 1 amide bonds. The van der Waals surface area contributed by atoms with E-state index in [1.54, 1.807) is 18.2 Å². The highest BCUT2D eigenvalue weighted by molar-refractivity contribution is 6.35. The minimum Gasteiger partial charge on any atom is -0.482 e. The second-order valence-electron chi connectivity index (χ2n) is 5.89. The minimum atomic E-state index is 0.0210. The molecule has 22 heavy (non-hydrogen) atoms. The van der Waals surface area contributed by atoms with Gasteiger partial charge in [-0.2, -0.15) is 0 Å². The Hall–Kier alpha value is -0.970. The first-order valence-corrected chi connectivity index (χ1v) is 8.49. The summed E-state index contributed by atoms with van der Waals surface area (Å²) >= 11 is 11.9. The van der Waals surface area contributed by atoms with E-state index in [1.165, 1.54) is 25.9 Å². The first-order chi connectivity index (χ1) is 10.6. The van der Waals surface area contributed by atoms with E-state index in [0.29, 0.717) is 21.8 Å². The van der Waals surface area contributed by atoms with Crippen LogP contribution in [0.1, 0.15) is 19.3 Å².